The van der Waals surface area contributed by atoms with Gasteiger partial charge in [-0.1, -0.05) is 23.8 Å². The Kier molecular flexibility index (Phi) is 5.37. The Balaban J connectivity index is 1.92. The molecule has 2 aromatic carbocycles. The zero-order valence-electron chi connectivity index (χ0n) is 15.9. The number of nitrogens with one attached hydrogen (secondary N) is 1. The third-order valence-corrected chi connectivity index (χ3v) is 4.50. The number of nitrogens with zero attached hydrogens (tertiary/aromatic N) is 3. The molecule has 0 saturated heterocycles. The van der Waals surface area contributed by atoms with Crippen LogP contribution in [0.5, 0.6) is 0 Å². The van der Waals surface area contributed by atoms with Crippen LogP contribution in [0.2, 0.25) is 0 Å². The number of benzene rings is 2. The Bertz CT molecular complexity index is 1140. The molecule has 0 spiro atoms. The Labute approximate surface area is 163 Å². The van der Waals surface area contributed by atoms with Crippen LogP contribution in [0.25, 0.3) is 11.3 Å². The Hall–Kier alpha value is -3.72. The van der Waals surface area contributed by atoms with Crippen LogP contribution in [-0.2, 0) is 4.79 Å². The van der Waals surface area contributed by atoms with E-state index in [1.165, 1.54) is 10.7 Å². The van der Waals surface area contributed by atoms with Gasteiger partial charge in [0.15, 0.2) is 0 Å². The highest BCUT2D eigenvalue weighted by Crippen LogP contribution is 2.22. The number of carbonyl (C=O) groups is 1. The number of rotatable bonds is 4. The van der Waals surface area contributed by atoms with Gasteiger partial charge in [-0.3, -0.25) is 9.59 Å². The number of hydrogen-bond acceptors (Lipinski definition) is 4. The van der Waals surface area contributed by atoms with E-state index in [0.717, 1.165) is 16.7 Å². The largest absolute Gasteiger partial charge is 0.324 e. The molecule has 0 fully saturated rings. The molecule has 3 aromatic rings. The minimum absolute atomic E-state index is 0.359. The van der Waals surface area contributed by atoms with Gasteiger partial charge in [-0.15, -0.1) is 0 Å². The molecule has 0 saturated carbocycles. The molecule has 0 aliphatic rings. The van der Waals surface area contributed by atoms with E-state index in [9.17, 15) is 9.59 Å². The monoisotopic (exact) mass is 372 g/mol. The normalized spacial score (nSPS) is 11.5. The van der Waals surface area contributed by atoms with Gasteiger partial charge in [0, 0.05) is 17.3 Å². The lowest BCUT2D eigenvalue weighted by Gasteiger charge is -2.16. The quantitative estimate of drug-likeness (QED) is 0.758. The first-order valence-electron chi connectivity index (χ1n) is 8.87. The molecular weight excluding hydrogens is 352 g/mol. The number of nitriles is 1. The second-order valence-electron chi connectivity index (χ2n) is 6.68. The fourth-order valence-electron chi connectivity index (χ4n) is 2.88. The molecule has 28 heavy (non-hydrogen) atoms. The smallest absolute Gasteiger partial charge is 0.267 e. The number of aromatic nitrogens is 2. The van der Waals surface area contributed by atoms with Crippen molar-refractivity contribution < 1.29 is 4.79 Å². The van der Waals surface area contributed by atoms with E-state index >= 15 is 0 Å². The molecule has 0 aliphatic carbocycles. The average Bonchev–Trinajstić information content (AvgIpc) is 2.70. The zero-order chi connectivity index (χ0) is 20.3. The summed E-state index contributed by atoms with van der Waals surface area (Å²) < 4.78 is 1.18. The molecule has 0 radical (unpaired) electrons. The van der Waals surface area contributed by atoms with Gasteiger partial charge in [-0.2, -0.15) is 10.4 Å². The van der Waals surface area contributed by atoms with Crippen LogP contribution in [0.1, 0.15) is 29.7 Å². The lowest BCUT2D eigenvalue weighted by Crippen LogP contribution is -2.33. The van der Waals surface area contributed by atoms with Gasteiger partial charge in [0.25, 0.3) is 5.56 Å². The van der Waals surface area contributed by atoms with Crippen LogP contribution in [0.4, 0.5) is 5.69 Å². The van der Waals surface area contributed by atoms with E-state index in [0.29, 0.717) is 16.9 Å². The molecular formula is C22H20N4O2. The first kappa shape index (κ1) is 19.1. The molecule has 3 rings (SSSR count). The van der Waals surface area contributed by atoms with Crippen molar-refractivity contribution in [2.24, 2.45) is 0 Å². The molecule has 1 heterocycles. The van der Waals surface area contributed by atoms with Crippen molar-refractivity contribution in [3.8, 4) is 17.3 Å². The molecule has 6 nitrogen and oxygen atoms in total. The van der Waals surface area contributed by atoms with E-state index in [-0.39, 0.29) is 11.5 Å². The van der Waals surface area contributed by atoms with Crippen molar-refractivity contribution in [1.29, 1.82) is 5.26 Å². The van der Waals surface area contributed by atoms with Gasteiger partial charge in [-0.05, 0) is 56.7 Å². The number of amides is 1. The van der Waals surface area contributed by atoms with Crippen LogP contribution < -0.4 is 10.9 Å². The number of carbonyl (C=O) groups excluding carboxylic acids is 1. The lowest BCUT2D eigenvalue weighted by atomic mass is 10.0. The summed E-state index contributed by atoms with van der Waals surface area (Å²) >= 11 is 0. The molecule has 0 unspecified atom stereocenters. The van der Waals surface area contributed by atoms with Crippen LogP contribution in [0.15, 0.2) is 59.4 Å². The first-order chi connectivity index (χ1) is 13.4. The highest BCUT2D eigenvalue weighted by atomic mass is 16.2. The third-order valence-electron chi connectivity index (χ3n) is 4.50. The van der Waals surface area contributed by atoms with Crippen molar-refractivity contribution in [2.75, 3.05) is 5.32 Å². The second-order valence-corrected chi connectivity index (χ2v) is 6.68. The molecule has 0 aliphatic heterocycles. The fourth-order valence-corrected chi connectivity index (χ4v) is 2.88. The summed E-state index contributed by atoms with van der Waals surface area (Å²) in [4.78, 5) is 25.0. The molecule has 1 aromatic heterocycles. The Morgan fingerprint density at radius 1 is 1.14 bits per heavy atom. The van der Waals surface area contributed by atoms with Crippen LogP contribution in [0, 0.1) is 25.2 Å². The van der Waals surface area contributed by atoms with Gasteiger partial charge in [-0.25, -0.2) is 4.68 Å². The van der Waals surface area contributed by atoms with Crippen molar-refractivity contribution in [3.05, 3.63) is 81.6 Å². The summed E-state index contributed by atoms with van der Waals surface area (Å²) in [6, 6.07) is 16.9. The zero-order valence-corrected chi connectivity index (χ0v) is 15.9. The third kappa shape index (κ3) is 3.99. The maximum Gasteiger partial charge on any atom is 0.267 e. The molecule has 6 heteroatoms. The van der Waals surface area contributed by atoms with E-state index in [4.69, 9.17) is 5.26 Å². The Morgan fingerprint density at radius 3 is 2.68 bits per heavy atom. The topological polar surface area (TPSA) is 87.8 Å². The van der Waals surface area contributed by atoms with Crippen molar-refractivity contribution in [3.63, 3.8) is 0 Å². The standard InChI is InChI=1S/C22H20N4O2/c1-14-7-8-15(2)19(11-14)20-9-10-21(27)26(25-20)16(3)22(28)24-18-6-4-5-17(12-18)13-23/h4-12,16H,1-3H3,(H,24,28)/t16-/m0/s1. The van der Waals surface area contributed by atoms with Crippen molar-refractivity contribution >= 4 is 11.6 Å². The second kappa shape index (κ2) is 7.89. The summed E-state index contributed by atoms with van der Waals surface area (Å²) in [6.07, 6.45) is 0. The lowest BCUT2D eigenvalue weighted by molar-refractivity contribution is -0.119. The maximum atomic E-state index is 12.6. The number of aryl methyl sites for hydroxylation is 2. The van der Waals surface area contributed by atoms with E-state index in [1.807, 2.05) is 38.1 Å². The van der Waals surface area contributed by atoms with Gasteiger partial charge >= 0.3 is 0 Å². The van der Waals surface area contributed by atoms with E-state index in [2.05, 4.69) is 10.4 Å². The first-order valence-corrected chi connectivity index (χ1v) is 8.87. The Morgan fingerprint density at radius 2 is 1.93 bits per heavy atom. The van der Waals surface area contributed by atoms with E-state index in [1.54, 1.807) is 37.3 Å². The summed E-state index contributed by atoms with van der Waals surface area (Å²) in [5, 5.41) is 16.1. The van der Waals surface area contributed by atoms with Gasteiger partial charge in [0.2, 0.25) is 5.91 Å². The summed E-state index contributed by atoms with van der Waals surface area (Å²) in [6.45, 7) is 5.58. The summed E-state index contributed by atoms with van der Waals surface area (Å²) in [5.74, 6) is -0.386. The van der Waals surface area contributed by atoms with Gasteiger partial charge in [0.1, 0.15) is 6.04 Å². The van der Waals surface area contributed by atoms with Crippen molar-refractivity contribution in [2.45, 2.75) is 26.8 Å². The number of hydrogen-bond donors (Lipinski definition) is 1. The molecule has 1 N–H and O–H groups in total. The predicted octanol–water partition coefficient (Wildman–Crippen LogP) is 3.60. The minimum Gasteiger partial charge on any atom is -0.324 e. The van der Waals surface area contributed by atoms with Crippen molar-refractivity contribution in [1.82, 2.24) is 9.78 Å². The number of anilines is 1. The molecule has 0 bridgehead atoms. The molecule has 1 amide bonds. The highest BCUT2D eigenvalue weighted by Gasteiger charge is 2.19. The van der Waals surface area contributed by atoms with Crippen LogP contribution in [0.3, 0.4) is 0 Å². The highest BCUT2D eigenvalue weighted by molar-refractivity contribution is 5.93. The van der Waals surface area contributed by atoms with Gasteiger partial charge < -0.3 is 5.32 Å². The van der Waals surface area contributed by atoms with Gasteiger partial charge in [0.05, 0.1) is 17.3 Å². The van der Waals surface area contributed by atoms with Crippen LogP contribution in [-0.4, -0.2) is 15.7 Å². The van der Waals surface area contributed by atoms with E-state index < -0.39 is 6.04 Å². The average molecular weight is 372 g/mol. The van der Waals surface area contributed by atoms with Crippen LogP contribution >= 0.6 is 0 Å². The predicted molar refractivity (Wildman–Crippen MR) is 108 cm³/mol. The fraction of sp³-hybridized carbons (Fsp3) is 0.182. The molecule has 140 valence electrons. The maximum absolute atomic E-state index is 12.6. The minimum atomic E-state index is -0.816. The summed E-state index contributed by atoms with van der Waals surface area (Å²) in [5.41, 5.74) is 4.25. The SMILES string of the molecule is Cc1ccc(C)c(-c2ccc(=O)n([C@@H](C)C(=O)Nc3cccc(C#N)c3)n2)c1. The summed E-state index contributed by atoms with van der Waals surface area (Å²) in [7, 11) is 0. The molecule has 1 atom stereocenters.